The van der Waals surface area contributed by atoms with Gasteiger partial charge in [-0.25, -0.2) is 0 Å². The van der Waals surface area contributed by atoms with Gasteiger partial charge in [0.15, 0.2) is 0 Å². The van der Waals surface area contributed by atoms with Crippen molar-refractivity contribution in [3.8, 4) is 0 Å². The van der Waals surface area contributed by atoms with Gasteiger partial charge in [0.05, 0.1) is 0 Å². The first-order valence-corrected chi connectivity index (χ1v) is 3.57. The Balaban J connectivity index is 0.000001000. The smallest absolute Gasteiger partial charge is 0.225 e. The molecule has 0 aromatic carbocycles. The third-order valence-electron chi connectivity index (χ3n) is 1.99. The molecular weight excluding hydrogens is 164 g/mol. The highest BCUT2D eigenvalue weighted by molar-refractivity contribution is 5.85. The van der Waals surface area contributed by atoms with Crippen molar-refractivity contribution in [2.24, 2.45) is 11.1 Å². The fourth-order valence-corrected chi connectivity index (χ4v) is 1.28. The highest BCUT2D eigenvalue weighted by Crippen LogP contribution is 2.27. The predicted octanol–water partition coefficient (Wildman–Crippen LogP) is 0.282. The molecule has 3 nitrogen and oxygen atoms in total. The molecule has 4 heteroatoms. The average molecular weight is 179 g/mol. The van der Waals surface area contributed by atoms with Crippen molar-refractivity contribution in [2.75, 3.05) is 6.54 Å². The first-order chi connectivity index (χ1) is 4.56. The van der Waals surface area contributed by atoms with Crippen LogP contribution >= 0.6 is 12.4 Å². The van der Waals surface area contributed by atoms with Crippen LogP contribution in [0.4, 0.5) is 0 Å². The summed E-state index contributed by atoms with van der Waals surface area (Å²) in [6, 6.07) is 0.197. The third kappa shape index (κ3) is 2.07. The molecule has 1 amide bonds. The summed E-state index contributed by atoms with van der Waals surface area (Å²) < 4.78 is 0. The quantitative estimate of drug-likeness (QED) is 0.606. The van der Waals surface area contributed by atoms with E-state index in [1.807, 2.05) is 13.8 Å². The lowest BCUT2D eigenvalue weighted by Crippen LogP contribution is -2.33. The SMILES string of the molecule is CC1(C)CC(CN)NC1=O.Cl. The van der Waals surface area contributed by atoms with Crippen molar-refractivity contribution in [3.05, 3.63) is 0 Å². The van der Waals surface area contributed by atoms with E-state index in [1.54, 1.807) is 0 Å². The number of nitrogens with one attached hydrogen (secondary N) is 1. The van der Waals surface area contributed by atoms with Crippen molar-refractivity contribution in [1.82, 2.24) is 5.32 Å². The van der Waals surface area contributed by atoms with E-state index in [1.165, 1.54) is 0 Å². The topological polar surface area (TPSA) is 55.1 Å². The summed E-state index contributed by atoms with van der Waals surface area (Å²) in [5.74, 6) is 0.128. The van der Waals surface area contributed by atoms with Crippen LogP contribution in [-0.4, -0.2) is 18.5 Å². The van der Waals surface area contributed by atoms with E-state index in [0.717, 1.165) is 6.42 Å². The maximum Gasteiger partial charge on any atom is 0.225 e. The molecule has 1 aliphatic rings. The Morgan fingerprint density at radius 2 is 2.27 bits per heavy atom. The van der Waals surface area contributed by atoms with E-state index < -0.39 is 0 Å². The summed E-state index contributed by atoms with van der Waals surface area (Å²) >= 11 is 0. The molecule has 1 rings (SSSR count). The number of nitrogens with two attached hydrogens (primary N) is 1. The van der Waals surface area contributed by atoms with Crippen LogP contribution < -0.4 is 11.1 Å². The van der Waals surface area contributed by atoms with Gasteiger partial charge in [0.2, 0.25) is 5.91 Å². The molecule has 0 aromatic rings. The zero-order valence-corrected chi connectivity index (χ0v) is 7.70. The van der Waals surface area contributed by atoms with Gasteiger partial charge in [-0.1, -0.05) is 13.8 Å². The van der Waals surface area contributed by atoms with Gasteiger partial charge in [0.25, 0.3) is 0 Å². The van der Waals surface area contributed by atoms with E-state index in [0.29, 0.717) is 6.54 Å². The number of rotatable bonds is 1. The lowest BCUT2D eigenvalue weighted by Gasteiger charge is -2.11. The summed E-state index contributed by atoms with van der Waals surface area (Å²) in [6.45, 7) is 4.44. The van der Waals surface area contributed by atoms with Crippen LogP contribution in [0.1, 0.15) is 20.3 Å². The van der Waals surface area contributed by atoms with Crippen LogP contribution in [0.25, 0.3) is 0 Å². The minimum absolute atomic E-state index is 0. The fourth-order valence-electron chi connectivity index (χ4n) is 1.28. The molecule has 0 aromatic heterocycles. The minimum atomic E-state index is -0.204. The molecule has 1 aliphatic heterocycles. The molecule has 11 heavy (non-hydrogen) atoms. The van der Waals surface area contributed by atoms with Crippen LogP contribution in [-0.2, 0) is 4.79 Å². The molecule has 66 valence electrons. The summed E-state index contributed by atoms with van der Waals surface area (Å²) in [7, 11) is 0. The van der Waals surface area contributed by atoms with Gasteiger partial charge in [-0.15, -0.1) is 12.4 Å². The van der Waals surface area contributed by atoms with Gasteiger partial charge in [-0.3, -0.25) is 4.79 Å². The molecule has 1 fully saturated rings. The molecule has 0 saturated carbocycles. The maximum atomic E-state index is 11.1. The summed E-state index contributed by atoms with van der Waals surface area (Å²) in [5.41, 5.74) is 5.20. The number of halogens is 1. The molecule has 0 bridgehead atoms. The van der Waals surface area contributed by atoms with E-state index in [4.69, 9.17) is 5.73 Å². The van der Waals surface area contributed by atoms with Crippen molar-refractivity contribution < 1.29 is 4.79 Å². The second-order valence-corrected chi connectivity index (χ2v) is 3.49. The third-order valence-corrected chi connectivity index (χ3v) is 1.99. The number of hydrogen-bond acceptors (Lipinski definition) is 2. The van der Waals surface area contributed by atoms with E-state index in [-0.39, 0.29) is 29.8 Å². The van der Waals surface area contributed by atoms with Crippen molar-refractivity contribution in [3.63, 3.8) is 0 Å². The lowest BCUT2D eigenvalue weighted by molar-refractivity contribution is -0.126. The van der Waals surface area contributed by atoms with Crippen LogP contribution in [0.2, 0.25) is 0 Å². The molecule has 3 N–H and O–H groups in total. The van der Waals surface area contributed by atoms with Crippen LogP contribution in [0.3, 0.4) is 0 Å². The fraction of sp³-hybridized carbons (Fsp3) is 0.857. The van der Waals surface area contributed by atoms with Gasteiger partial charge >= 0.3 is 0 Å². The van der Waals surface area contributed by atoms with Gasteiger partial charge in [0.1, 0.15) is 0 Å². The molecule has 0 aliphatic carbocycles. The van der Waals surface area contributed by atoms with E-state index >= 15 is 0 Å². The summed E-state index contributed by atoms with van der Waals surface area (Å²) in [4.78, 5) is 11.1. The Hall–Kier alpha value is -0.280. The number of carbonyl (C=O) groups is 1. The number of amides is 1. The average Bonchev–Trinajstić information content (AvgIpc) is 2.08. The molecule has 1 saturated heterocycles. The molecule has 0 radical (unpaired) electrons. The minimum Gasteiger partial charge on any atom is -0.352 e. The van der Waals surface area contributed by atoms with Crippen LogP contribution in [0.5, 0.6) is 0 Å². The second kappa shape index (κ2) is 3.41. The summed E-state index contributed by atoms with van der Waals surface area (Å²) in [6.07, 6.45) is 0.863. The Morgan fingerprint density at radius 1 is 1.73 bits per heavy atom. The van der Waals surface area contributed by atoms with Gasteiger partial charge in [-0.05, 0) is 6.42 Å². The summed E-state index contributed by atoms with van der Waals surface area (Å²) in [5, 5.41) is 2.83. The van der Waals surface area contributed by atoms with Crippen molar-refractivity contribution >= 4 is 18.3 Å². The number of hydrogen-bond donors (Lipinski definition) is 2. The highest BCUT2D eigenvalue weighted by Gasteiger charge is 2.37. The van der Waals surface area contributed by atoms with Gasteiger partial charge < -0.3 is 11.1 Å². The largest absolute Gasteiger partial charge is 0.352 e. The van der Waals surface area contributed by atoms with Crippen LogP contribution in [0, 0.1) is 5.41 Å². The Bertz CT molecular complexity index is 159. The Labute approximate surface area is 73.1 Å². The first kappa shape index (κ1) is 10.7. The monoisotopic (exact) mass is 178 g/mol. The number of carbonyl (C=O) groups excluding carboxylic acids is 1. The lowest BCUT2D eigenvalue weighted by atomic mass is 9.90. The molecular formula is C7H15ClN2O. The normalized spacial score (nSPS) is 27.5. The zero-order valence-electron chi connectivity index (χ0n) is 6.89. The van der Waals surface area contributed by atoms with Gasteiger partial charge in [0, 0.05) is 18.0 Å². The molecule has 1 unspecified atom stereocenters. The van der Waals surface area contributed by atoms with Crippen LogP contribution in [0.15, 0.2) is 0 Å². The first-order valence-electron chi connectivity index (χ1n) is 3.57. The Morgan fingerprint density at radius 3 is 2.45 bits per heavy atom. The molecule has 0 spiro atoms. The second-order valence-electron chi connectivity index (χ2n) is 3.49. The molecule has 1 atom stereocenters. The highest BCUT2D eigenvalue weighted by atomic mass is 35.5. The molecule has 1 heterocycles. The van der Waals surface area contributed by atoms with E-state index in [2.05, 4.69) is 5.32 Å². The maximum absolute atomic E-state index is 11.1. The van der Waals surface area contributed by atoms with Crippen molar-refractivity contribution in [1.29, 1.82) is 0 Å². The Kier molecular flexibility index (Phi) is 3.32. The van der Waals surface area contributed by atoms with Crippen molar-refractivity contribution in [2.45, 2.75) is 26.3 Å². The standard InChI is InChI=1S/C7H14N2O.ClH/c1-7(2)3-5(4-8)9-6(7)10;/h5H,3-4,8H2,1-2H3,(H,9,10);1H. The zero-order chi connectivity index (χ0) is 7.78. The van der Waals surface area contributed by atoms with E-state index in [9.17, 15) is 4.79 Å². The van der Waals surface area contributed by atoms with Gasteiger partial charge in [-0.2, -0.15) is 0 Å². The predicted molar refractivity (Wildman–Crippen MR) is 46.6 cm³/mol.